The van der Waals surface area contributed by atoms with Crippen molar-refractivity contribution >= 4 is 5.78 Å². The molecule has 0 aromatic carbocycles. The van der Waals surface area contributed by atoms with Gasteiger partial charge in [0.05, 0.1) is 0 Å². The molecular weight excluding hydrogens is 280 g/mol. The maximum atomic E-state index is 12.5. The van der Waals surface area contributed by atoms with Crippen LogP contribution in [0.15, 0.2) is 0 Å². The first-order valence-electron chi connectivity index (χ1n) is 8.90. The van der Waals surface area contributed by atoms with E-state index in [1.807, 2.05) is 13.8 Å². The molecule has 4 atom stereocenters. The number of carbonyl (C=O) groups excluding carboxylic acids is 1. The second-order valence-corrected chi connectivity index (χ2v) is 6.76. The summed E-state index contributed by atoms with van der Waals surface area (Å²) in [5.74, 6) is -0.0505. The summed E-state index contributed by atoms with van der Waals surface area (Å²) in [5, 5.41) is 17.5. The van der Waals surface area contributed by atoms with E-state index in [-0.39, 0.29) is 30.2 Å². The Labute approximate surface area is 134 Å². The minimum atomic E-state index is -1.18. The summed E-state index contributed by atoms with van der Waals surface area (Å²) < 4.78 is 5.58. The molecule has 0 spiro atoms. The minimum Gasteiger partial charge on any atom is -0.382 e. The van der Waals surface area contributed by atoms with Crippen LogP contribution in [0.1, 0.15) is 66.2 Å². The molecule has 2 aliphatic heterocycles. The van der Waals surface area contributed by atoms with Crippen LogP contribution >= 0.6 is 0 Å². The quantitative estimate of drug-likeness (QED) is 0.566. The molecule has 0 radical (unpaired) electrons. The molecule has 0 aliphatic carbocycles. The summed E-state index contributed by atoms with van der Waals surface area (Å²) in [7, 11) is 0. The highest BCUT2D eigenvalue weighted by Crippen LogP contribution is 2.33. The van der Waals surface area contributed by atoms with E-state index in [0.717, 1.165) is 19.3 Å². The van der Waals surface area contributed by atoms with Gasteiger partial charge in [0.25, 0.3) is 0 Å². The maximum absolute atomic E-state index is 12.5. The van der Waals surface area contributed by atoms with Crippen LogP contribution in [-0.4, -0.2) is 46.9 Å². The Morgan fingerprint density at radius 1 is 1.32 bits per heavy atom. The summed E-state index contributed by atoms with van der Waals surface area (Å²) in [5.41, 5.74) is -1.18. The third-order valence-corrected chi connectivity index (χ3v) is 5.46. The lowest BCUT2D eigenvalue weighted by atomic mass is 9.85. The van der Waals surface area contributed by atoms with Gasteiger partial charge in [-0.1, -0.05) is 27.7 Å². The van der Waals surface area contributed by atoms with Crippen molar-refractivity contribution in [3.05, 3.63) is 0 Å². The molecule has 128 valence electrons. The smallest absolute Gasteiger partial charge is 0.165 e. The maximum Gasteiger partial charge on any atom is 0.165 e. The molecule has 0 aromatic rings. The second-order valence-electron chi connectivity index (χ2n) is 6.76. The number of piperidine rings is 1. The summed E-state index contributed by atoms with van der Waals surface area (Å²) in [4.78, 5) is 12.5. The monoisotopic (exact) mass is 312 g/mol. The number of fused-ring (bicyclic) bond motifs is 1. The van der Waals surface area contributed by atoms with E-state index in [2.05, 4.69) is 24.5 Å². The van der Waals surface area contributed by atoms with Crippen LogP contribution in [0.4, 0.5) is 0 Å². The van der Waals surface area contributed by atoms with Crippen molar-refractivity contribution in [2.45, 2.75) is 102 Å². The fraction of sp³-hybridized carbons (Fsp3) is 0.941. The highest BCUT2D eigenvalue weighted by Gasteiger charge is 2.49. The Balaban J connectivity index is 2.00. The first kappa shape index (κ1) is 17.9. The molecule has 5 nitrogen and oxygen atoms in total. The number of ketones is 1. The number of hydrogen-bond donors (Lipinski definition) is 3. The van der Waals surface area contributed by atoms with Crippen molar-refractivity contribution in [3.8, 4) is 0 Å². The van der Waals surface area contributed by atoms with Gasteiger partial charge in [-0.25, -0.2) is 0 Å². The van der Waals surface area contributed by atoms with E-state index in [0.29, 0.717) is 25.3 Å². The van der Waals surface area contributed by atoms with Crippen molar-refractivity contribution in [2.75, 3.05) is 0 Å². The Morgan fingerprint density at radius 2 is 1.95 bits per heavy atom. The van der Waals surface area contributed by atoms with E-state index >= 15 is 0 Å². The number of hydrogen-bond acceptors (Lipinski definition) is 5. The molecule has 4 unspecified atom stereocenters. The van der Waals surface area contributed by atoms with Gasteiger partial charge in [-0.2, -0.15) is 0 Å². The average Bonchev–Trinajstić information content (AvgIpc) is 3.29. The Bertz CT molecular complexity index is 380. The van der Waals surface area contributed by atoms with Crippen LogP contribution in [0.25, 0.3) is 0 Å². The number of epoxide rings is 1. The van der Waals surface area contributed by atoms with Gasteiger partial charge >= 0.3 is 0 Å². The largest absolute Gasteiger partial charge is 0.382 e. The number of nitrogens with one attached hydrogen (secondary N) is 2. The summed E-state index contributed by atoms with van der Waals surface area (Å²) in [6.45, 7) is 8.10. The number of carbonyl (C=O) groups is 1. The van der Waals surface area contributed by atoms with Gasteiger partial charge in [-0.3, -0.25) is 10.1 Å². The topological polar surface area (TPSA) is 73.9 Å². The minimum absolute atomic E-state index is 0.0430. The van der Waals surface area contributed by atoms with Crippen LogP contribution in [0, 0.1) is 0 Å². The highest BCUT2D eigenvalue weighted by atomic mass is 16.6. The van der Waals surface area contributed by atoms with Crippen LogP contribution in [0.2, 0.25) is 0 Å². The van der Waals surface area contributed by atoms with Crippen molar-refractivity contribution in [1.29, 1.82) is 0 Å². The third-order valence-electron chi connectivity index (χ3n) is 5.46. The molecular formula is C17H32N2O3. The molecule has 0 amide bonds. The van der Waals surface area contributed by atoms with Gasteiger partial charge in [0.15, 0.2) is 5.78 Å². The average molecular weight is 312 g/mol. The van der Waals surface area contributed by atoms with Gasteiger partial charge in [0.1, 0.15) is 17.9 Å². The molecule has 2 aliphatic rings. The van der Waals surface area contributed by atoms with Crippen molar-refractivity contribution in [3.63, 3.8) is 0 Å². The van der Waals surface area contributed by atoms with Gasteiger partial charge in [0, 0.05) is 24.5 Å². The van der Waals surface area contributed by atoms with E-state index < -0.39 is 5.60 Å². The van der Waals surface area contributed by atoms with Gasteiger partial charge in [-0.15, -0.1) is 0 Å². The number of ether oxygens (including phenoxy) is 1. The molecule has 3 N–H and O–H groups in total. The zero-order valence-corrected chi connectivity index (χ0v) is 14.4. The number of rotatable bonds is 9. The third kappa shape index (κ3) is 3.88. The SMILES string of the molecule is CCC(CC)NC1CC2OC2NC1CC(=O)C(O)(CC)CC. The van der Waals surface area contributed by atoms with E-state index in [1.54, 1.807) is 0 Å². The Morgan fingerprint density at radius 3 is 2.50 bits per heavy atom. The molecule has 0 aromatic heterocycles. The molecule has 0 saturated carbocycles. The molecule has 2 saturated heterocycles. The Hall–Kier alpha value is -0.490. The van der Waals surface area contributed by atoms with Crippen molar-refractivity contribution in [2.24, 2.45) is 0 Å². The van der Waals surface area contributed by atoms with Gasteiger partial charge in [0.2, 0.25) is 0 Å². The summed E-state index contributed by atoms with van der Waals surface area (Å²) >= 11 is 0. The van der Waals surface area contributed by atoms with Crippen LogP contribution in [0.5, 0.6) is 0 Å². The lowest BCUT2D eigenvalue weighted by Gasteiger charge is -2.35. The molecule has 0 bridgehead atoms. The van der Waals surface area contributed by atoms with E-state index in [4.69, 9.17) is 4.74 Å². The number of aliphatic hydroxyl groups is 1. The first-order valence-corrected chi connectivity index (χ1v) is 8.90. The first-order chi connectivity index (χ1) is 10.5. The predicted molar refractivity (Wildman–Crippen MR) is 86.7 cm³/mol. The highest BCUT2D eigenvalue weighted by molar-refractivity contribution is 5.87. The molecule has 5 heteroatoms. The van der Waals surface area contributed by atoms with Crippen LogP contribution in [-0.2, 0) is 9.53 Å². The summed E-state index contributed by atoms with van der Waals surface area (Å²) in [6, 6.07) is 0.743. The lowest BCUT2D eigenvalue weighted by molar-refractivity contribution is -0.138. The predicted octanol–water partition coefficient (Wildman–Crippen LogP) is 1.73. The molecule has 22 heavy (non-hydrogen) atoms. The zero-order chi connectivity index (χ0) is 16.3. The van der Waals surface area contributed by atoms with Crippen molar-refractivity contribution < 1.29 is 14.6 Å². The molecule has 2 rings (SSSR count). The fourth-order valence-electron chi connectivity index (χ4n) is 3.46. The zero-order valence-electron chi connectivity index (χ0n) is 14.4. The van der Waals surface area contributed by atoms with Crippen LogP contribution in [0.3, 0.4) is 0 Å². The standard InChI is InChI=1S/C17H32N2O3/c1-5-11(6-2)18-12-9-14-16(22-14)19-13(12)10-15(20)17(21,7-3)8-4/h11-14,16,18-19,21H,5-10H2,1-4H3. The number of Topliss-reactive ketones (excluding diaryl/α,β-unsaturated/α-hetero) is 1. The van der Waals surface area contributed by atoms with Crippen LogP contribution < -0.4 is 10.6 Å². The van der Waals surface area contributed by atoms with E-state index in [1.165, 1.54) is 0 Å². The van der Waals surface area contributed by atoms with E-state index in [9.17, 15) is 9.90 Å². The molecule has 2 heterocycles. The second kappa shape index (κ2) is 7.39. The normalized spacial score (nSPS) is 31.2. The van der Waals surface area contributed by atoms with Gasteiger partial charge < -0.3 is 15.2 Å². The fourth-order valence-corrected chi connectivity index (χ4v) is 3.46. The lowest BCUT2D eigenvalue weighted by Crippen LogP contribution is -2.57. The van der Waals surface area contributed by atoms with Crippen molar-refractivity contribution in [1.82, 2.24) is 10.6 Å². The Kier molecular flexibility index (Phi) is 6.00. The van der Waals surface area contributed by atoms with Gasteiger partial charge in [-0.05, 0) is 32.1 Å². The molecule has 2 fully saturated rings. The summed E-state index contributed by atoms with van der Waals surface area (Å²) in [6.07, 6.45) is 4.81.